The Kier molecular flexibility index (Phi) is 5.62. The van der Waals surface area contributed by atoms with E-state index in [0.29, 0.717) is 0 Å². The van der Waals surface area contributed by atoms with Crippen molar-refractivity contribution in [2.45, 2.75) is 20.5 Å². The molecule has 24 heavy (non-hydrogen) atoms. The Morgan fingerprint density at radius 2 is 1.04 bits per heavy atom. The summed E-state index contributed by atoms with van der Waals surface area (Å²) in [6.45, 7) is 4.28. The van der Waals surface area contributed by atoms with Crippen LogP contribution in [-0.4, -0.2) is 5.11 Å². The molecule has 0 spiro atoms. The molecule has 0 saturated carbocycles. The molecule has 3 aromatic rings. The standard InChI is InChI=1S/C21H18I2O/c1-13-3-16(10-20(22)5-13)18-7-15(12-24)8-19(9-18)17-4-14(2)6-21(23)11-17/h3-11,24H,12H2,1-2H3. The van der Waals surface area contributed by atoms with E-state index in [1.807, 2.05) is 0 Å². The summed E-state index contributed by atoms with van der Waals surface area (Å²) >= 11 is 4.71. The lowest BCUT2D eigenvalue weighted by Crippen LogP contribution is -1.91. The van der Waals surface area contributed by atoms with Crippen molar-refractivity contribution in [3.8, 4) is 22.3 Å². The summed E-state index contributed by atoms with van der Waals surface area (Å²) in [5, 5.41) is 9.70. The molecule has 0 radical (unpaired) electrons. The third-order valence-corrected chi connectivity index (χ3v) is 5.17. The van der Waals surface area contributed by atoms with Gasteiger partial charge in [-0.2, -0.15) is 0 Å². The highest BCUT2D eigenvalue weighted by atomic mass is 127. The van der Waals surface area contributed by atoms with Crippen molar-refractivity contribution in [2.75, 3.05) is 0 Å². The molecule has 0 bridgehead atoms. The van der Waals surface area contributed by atoms with Crippen molar-refractivity contribution >= 4 is 45.2 Å². The molecule has 3 rings (SSSR count). The van der Waals surface area contributed by atoms with Gasteiger partial charge in [-0.05, 0) is 140 Å². The second-order valence-electron chi connectivity index (χ2n) is 6.11. The van der Waals surface area contributed by atoms with E-state index in [2.05, 4.69) is 114 Å². The zero-order valence-electron chi connectivity index (χ0n) is 13.6. The molecule has 3 aromatic carbocycles. The molecule has 3 heteroatoms. The van der Waals surface area contributed by atoms with Crippen LogP contribution < -0.4 is 0 Å². The summed E-state index contributed by atoms with van der Waals surface area (Å²) in [7, 11) is 0. The fraction of sp³-hybridized carbons (Fsp3) is 0.143. The van der Waals surface area contributed by atoms with Gasteiger partial charge in [-0.15, -0.1) is 0 Å². The van der Waals surface area contributed by atoms with Crippen LogP contribution >= 0.6 is 45.2 Å². The van der Waals surface area contributed by atoms with E-state index in [-0.39, 0.29) is 6.61 Å². The van der Waals surface area contributed by atoms with Gasteiger partial charge in [-0.25, -0.2) is 0 Å². The lowest BCUT2D eigenvalue weighted by atomic mass is 9.95. The third-order valence-electron chi connectivity index (χ3n) is 3.93. The molecule has 0 amide bonds. The van der Waals surface area contributed by atoms with Gasteiger partial charge in [0.2, 0.25) is 0 Å². The average Bonchev–Trinajstić information content (AvgIpc) is 2.52. The van der Waals surface area contributed by atoms with Gasteiger partial charge in [-0.1, -0.05) is 12.1 Å². The van der Waals surface area contributed by atoms with E-state index in [1.54, 1.807) is 0 Å². The van der Waals surface area contributed by atoms with Gasteiger partial charge in [0, 0.05) is 7.14 Å². The van der Waals surface area contributed by atoms with Gasteiger partial charge >= 0.3 is 0 Å². The Bertz CT molecular complexity index is 790. The Balaban J connectivity index is 2.18. The highest BCUT2D eigenvalue weighted by molar-refractivity contribution is 14.1. The minimum absolute atomic E-state index is 0.0483. The van der Waals surface area contributed by atoms with Crippen LogP contribution in [0.2, 0.25) is 0 Å². The summed E-state index contributed by atoms with van der Waals surface area (Å²) in [5.74, 6) is 0. The van der Waals surface area contributed by atoms with E-state index < -0.39 is 0 Å². The van der Waals surface area contributed by atoms with Gasteiger partial charge in [-0.3, -0.25) is 0 Å². The molecule has 0 heterocycles. The van der Waals surface area contributed by atoms with Crippen LogP contribution in [0.25, 0.3) is 22.3 Å². The molecule has 0 fully saturated rings. The Hall–Kier alpha value is -0.920. The summed E-state index contributed by atoms with van der Waals surface area (Å²) in [4.78, 5) is 0. The van der Waals surface area contributed by atoms with E-state index >= 15 is 0 Å². The zero-order valence-corrected chi connectivity index (χ0v) is 17.9. The van der Waals surface area contributed by atoms with Gasteiger partial charge in [0.1, 0.15) is 0 Å². The molecule has 122 valence electrons. The quantitative estimate of drug-likeness (QED) is 0.385. The van der Waals surface area contributed by atoms with E-state index in [0.717, 1.165) is 16.7 Å². The first-order valence-corrected chi connectivity index (χ1v) is 9.90. The van der Waals surface area contributed by atoms with Crippen molar-refractivity contribution in [3.63, 3.8) is 0 Å². The molecule has 0 unspecified atom stereocenters. The maximum Gasteiger partial charge on any atom is 0.0682 e. The predicted octanol–water partition coefficient (Wildman–Crippen LogP) is 6.34. The maximum absolute atomic E-state index is 9.70. The van der Waals surface area contributed by atoms with Crippen molar-refractivity contribution in [1.82, 2.24) is 0 Å². The molecule has 0 aliphatic rings. The Morgan fingerprint density at radius 3 is 1.42 bits per heavy atom. The van der Waals surface area contributed by atoms with Crippen LogP contribution in [0.4, 0.5) is 0 Å². The molecule has 1 nitrogen and oxygen atoms in total. The number of aliphatic hydroxyl groups is 1. The van der Waals surface area contributed by atoms with Crippen molar-refractivity contribution in [1.29, 1.82) is 0 Å². The van der Waals surface area contributed by atoms with Crippen LogP contribution in [0.5, 0.6) is 0 Å². The van der Waals surface area contributed by atoms with Crippen molar-refractivity contribution < 1.29 is 5.11 Å². The first-order chi connectivity index (χ1) is 11.4. The lowest BCUT2D eigenvalue weighted by molar-refractivity contribution is 0.282. The fourth-order valence-corrected chi connectivity index (χ4v) is 4.58. The monoisotopic (exact) mass is 540 g/mol. The second kappa shape index (κ2) is 7.54. The molecular weight excluding hydrogens is 522 g/mol. The number of aliphatic hydroxyl groups excluding tert-OH is 1. The van der Waals surface area contributed by atoms with Gasteiger partial charge in [0.05, 0.1) is 6.61 Å². The predicted molar refractivity (Wildman–Crippen MR) is 118 cm³/mol. The molecule has 1 N–H and O–H groups in total. The second-order valence-corrected chi connectivity index (χ2v) is 8.60. The van der Waals surface area contributed by atoms with Crippen molar-refractivity contribution in [3.05, 3.63) is 78.4 Å². The highest BCUT2D eigenvalue weighted by Gasteiger charge is 2.08. The molecular formula is C21H18I2O. The Labute approximate surface area is 170 Å². The summed E-state index contributed by atoms with van der Waals surface area (Å²) in [6.07, 6.45) is 0. The van der Waals surface area contributed by atoms with Crippen LogP contribution in [0.3, 0.4) is 0 Å². The first-order valence-electron chi connectivity index (χ1n) is 7.74. The maximum atomic E-state index is 9.70. The summed E-state index contributed by atoms with van der Waals surface area (Å²) in [6, 6.07) is 19.5. The number of benzene rings is 3. The molecule has 0 saturated heterocycles. The smallest absolute Gasteiger partial charge is 0.0682 e. The molecule has 0 aliphatic carbocycles. The highest BCUT2D eigenvalue weighted by Crippen LogP contribution is 2.31. The summed E-state index contributed by atoms with van der Waals surface area (Å²) in [5.41, 5.74) is 8.12. The number of halogens is 2. The van der Waals surface area contributed by atoms with E-state index in [4.69, 9.17) is 0 Å². The number of aryl methyl sites for hydroxylation is 2. The minimum atomic E-state index is 0.0483. The van der Waals surface area contributed by atoms with E-state index in [9.17, 15) is 5.11 Å². The summed E-state index contributed by atoms with van der Waals surface area (Å²) < 4.78 is 2.45. The van der Waals surface area contributed by atoms with Crippen LogP contribution in [0, 0.1) is 21.0 Å². The largest absolute Gasteiger partial charge is 0.392 e. The normalized spacial score (nSPS) is 10.9. The first kappa shape index (κ1) is 17.9. The van der Waals surface area contributed by atoms with Crippen LogP contribution in [-0.2, 0) is 6.61 Å². The van der Waals surface area contributed by atoms with Crippen molar-refractivity contribution in [2.24, 2.45) is 0 Å². The molecule has 0 aliphatic heterocycles. The SMILES string of the molecule is Cc1cc(I)cc(-c2cc(CO)cc(-c3cc(C)cc(I)c3)c2)c1. The van der Waals surface area contributed by atoms with Gasteiger partial charge in [0.15, 0.2) is 0 Å². The number of hydrogen-bond donors (Lipinski definition) is 1. The number of rotatable bonds is 3. The van der Waals surface area contributed by atoms with Crippen LogP contribution in [0.1, 0.15) is 16.7 Å². The number of hydrogen-bond acceptors (Lipinski definition) is 1. The van der Waals surface area contributed by atoms with Gasteiger partial charge in [0.25, 0.3) is 0 Å². The van der Waals surface area contributed by atoms with Gasteiger partial charge < -0.3 is 5.11 Å². The Morgan fingerprint density at radius 1 is 0.625 bits per heavy atom. The minimum Gasteiger partial charge on any atom is -0.392 e. The fourth-order valence-electron chi connectivity index (χ4n) is 2.92. The zero-order chi connectivity index (χ0) is 17.3. The molecule has 0 atom stereocenters. The van der Waals surface area contributed by atoms with Crippen LogP contribution in [0.15, 0.2) is 54.6 Å². The lowest BCUT2D eigenvalue weighted by Gasteiger charge is -2.11. The average molecular weight is 540 g/mol. The topological polar surface area (TPSA) is 20.2 Å². The third kappa shape index (κ3) is 4.18. The van der Waals surface area contributed by atoms with E-state index in [1.165, 1.54) is 29.4 Å². The molecule has 0 aromatic heterocycles.